The minimum Gasteiger partial charge on any atom is -0.447 e. The van der Waals surface area contributed by atoms with E-state index in [1.54, 1.807) is 0 Å². The molecule has 0 aromatic heterocycles. The molecule has 7 heteroatoms. The molecule has 1 atom stereocenters. The Morgan fingerprint density at radius 2 is 1.91 bits per heavy atom. The Balaban J connectivity index is 1.57. The normalized spacial score (nSPS) is 22.1. The van der Waals surface area contributed by atoms with Crippen LogP contribution in [0.1, 0.15) is 0 Å². The molecule has 2 N–H and O–H groups in total. The Kier molecular flexibility index (Phi) is 4.15. The molecule has 0 radical (unpaired) electrons. The van der Waals surface area contributed by atoms with E-state index < -0.39 is 12.1 Å². The average Bonchev–Trinajstić information content (AvgIpc) is 2.96. The van der Waals surface area contributed by atoms with Gasteiger partial charge in [0.25, 0.3) is 5.91 Å². The van der Waals surface area contributed by atoms with Crippen molar-refractivity contribution in [1.29, 1.82) is 0 Å². The van der Waals surface area contributed by atoms with E-state index in [0.29, 0.717) is 5.69 Å². The van der Waals surface area contributed by atoms with Gasteiger partial charge in [0, 0.05) is 37.6 Å². The largest absolute Gasteiger partial charge is 0.447 e. The first-order valence-corrected chi connectivity index (χ1v) is 7.39. The Bertz CT molecular complexity index is 552. The van der Waals surface area contributed by atoms with Crippen LogP contribution in [0.25, 0.3) is 0 Å². The molecule has 3 rings (SSSR count). The Morgan fingerprint density at radius 3 is 2.50 bits per heavy atom. The van der Waals surface area contributed by atoms with E-state index in [2.05, 4.69) is 27.5 Å². The van der Waals surface area contributed by atoms with Gasteiger partial charge in [0.2, 0.25) is 0 Å². The number of carbonyl (C=O) groups excluding carboxylic acids is 2. The molecule has 0 spiro atoms. The number of rotatable bonds is 3. The number of nitrogens with one attached hydrogen (secondary N) is 2. The summed E-state index contributed by atoms with van der Waals surface area (Å²) in [5.41, 5.74) is 1.87. The molecule has 2 heterocycles. The number of alkyl carbamates (subject to hydrolysis) is 1. The van der Waals surface area contributed by atoms with E-state index in [4.69, 9.17) is 4.74 Å². The van der Waals surface area contributed by atoms with Crippen molar-refractivity contribution in [1.82, 2.24) is 10.2 Å². The Labute approximate surface area is 129 Å². The number of hydrogen-bond donors (Lipinski definition) is 2. The second kappa shape index (κ2) is 6.23. The minimum atomic E-state index is -0.621. The van der Waals surface area contributed by atoms with Gasteiger partial charge in [-0.3, -0.25) is 4.79 Å². The van der Waals surface area contributed by atoms with Gasteiger partial charge in [0.1, 0.15) is 12.6 Å². The highest BCUT2D eigenvalue weighted by molar-refractivity contribution is 5.97. The van der Waals surface area contributed by atoms with E-state index in [1.807, 2.05) is 24.3 Å². The summed E-state index contributed by atoms with van der Waals surface area (Å²) in [4.78, 5) is 27.5. The summed E-state index contributed by atoms with van der Waals surface area (Å²) in [6.07, 6.45) is -0.550. The number of likely N-dealkylation sites (N-methyl/N-ethyl adjacent to an activating group) is 1. The molecule has 2 fully saturated rings. The number of cyclic esters (lactones) is 1. The molecular weight excluding hydrogens is 284 g/mol. The van der Waals surface area contributed by atoms with Crippen molar-refractivity contribution in [2.75, 3.05) is 50.1 Å². The summed E-state index contributed by atoms with van der Waals surface area (Å²) in [6, 6.07) is 7.15. The standard InChI is InChI=1S/C15H20N4O3/c1-18-6-8-19(9-7-18)12-4-2-11(3-5-12)16-14(20)13-10-22-15(21)17-13/h2-5,13H,6-10H2,1H3,(H,16,20)(H,17,21). The van der Waals surface area contributed by atoms with Crippen LogP contribution >= 0.6 is 0 Å². The fourth-order valence-electron chi connectivity index (χ4n) is 2.58. The summed E-state index contributed by atoms with van der Waals surface area (Å²) in [5, 5.41) is 5.24. The number of anilines is 2. The quantitative estimate of drug-likeness (QED) is 0.850. The SMILES string of the molecule is CN1CCN(c2ccc(NC(=O)C3COC(=O)N3)cc2)CC1. The van der Waals surface area contributed by atoms with E-state index in [0.717, 1.165) is 31.9 Å². The Morgan fingerprint density at radius 1 is 1.23 bits per heavy atom. The maximum absolute atomic E-state index is 12.0. The van der Waals surface area contributed by atoms with Gasteiger partial charge in [0.15, 0.2) is 0 Å². The van der Waals surface area contributed by atoms with Gasteiger partial charge in [-0.15, -0.1) is 0 Å². The molecule has 2 amide bonds. The first-order chi connectivity index (χ1) is 10.6. The number of amides is 2. The molecular formula is C15H20N4O3. The summed E-state index contributed by atoms with van der Waals surface area (Å²) < 4.78 is 4.71. The summed E-state index contributed by atoms with van der Waals surface area (Å²) in [5.74, 6) is -0.266. The lowest BCUT2D eigenvalue weighted by Crippen LogP contribution is -2.44. The topological polar surface area (TPSA) is 73.9 Å². The van der Waals surface area contributed by atoms with Crippen LogP contribution in [0, 0.1) is 0 Å². The molecule has 1 aromatic carbocycles. The number of benzene rings is 1. The van der Waals surface area contributed by atoms with Gasteiger partial charge in [-0.2, -0.15) is 0 Å². The van der Waals surface area contributed by atoms with Crippen molar-refractivity contribution in [2.45, 2.75) is 6.04 Å². The summed E-state index contributed by atoms with van der Waals surface area (Å²) in [7, 11) is 2.13. The molecule has 2 saturated heterocycles. The summed E-state index contributed by atoms with van der Waals surface area (Å²) >= 11 is 0. The third kappa shape index (κ3) is 3.30. The fraction of sp³-hybridized carbons (Fsp3) is 0.467. The van der Waals surface area contributed by atoms with E-state index in [9.17, 15) is 9.59 Å². The van der Waals surface area contributed by atoms with Crippen LogP contribution in [0.2, 0.25) is 0 Å². The van der Waals surface area contributed by atoms with E-state index in [1.165, 1.54) is 0 Å². The number of ether oxygens (including phenoxy) is 1. The van der Waals surface area contributed by atoms with Gasteiger partial charge in [-0.05, 0) is 31.3 Å². The second-order valence-corrected chi connectivity index (χ2v) is 5.62. The highest BCUT2D eigenvalue weighted by Crippen LogP contribution is 2.19. The van der Waals surface area contributed by atoms with Crippen LogP contribution in [0.3, 0.4) is 0 Å². The monoisotopic (exact) mass is 304 g/mol. The van der Waals surface area contributed by atoms with Crippen molar-refractivity contribution in [3.05, 3.63) is 24.3 Å². The minimum absolute atomic E-state index is 0.0735. The van der Waals surface area contributed by atoms with E-state index >= 15 is 0 Å². The number of piperazine rings is 1. The predicted molar refractivity (Wildman–Crippen MR) is 83.1 cm³/mol. The van der Waals surface area contributed by atoms with Gasteiger partial charge < -0.3 is 25.2 Å². The maximum Gasteiger partial charge on any atom is 0.407 e. The van der Waals surface area contributed by atoms with Crippen molar-refractivity contribution in [3.63, 3.8) is 0 Å². The zero-order valence-corrected chi connectivity index (χ0v) is 12.5. The van der Waals surface area contributed by atoms with Crippen LogP contribution in [0.5, 0.6) is 0 Å². The molecule has 1 unspecified atom stereocenters. The zero-order chi connectivity index (χ0) is 15.5. The van der Waals surface area contributed by atoms with Gasteiger partial charge >= 0.3 is 6.09 Å². The molecule has 7 nitrogen and oxygen atoms in total. The lowest BCUT2D eigenvalue weighted by atomic mass is 10.2. The van der Waals surface area contributed by atoms with Crippen LogP contribution in [-0.2, 0) is 9.53 Å². The molecule has 1 aromatic rings. The summed E-state index contributed by atoms with van der Waals surface area (Å²) in [6.45, 7) is 4.20. The van der Waals surface area contributed by atoms with Gasteiger partial charge in [0.05, 0.1) is 0 Å². The number of nitrogens with zero attached hydrogens (tertiary/aromatic N) is 2. The van der Waals surface area contributed by atoms with Crippen LogP contribution in [-0.4, -0.2) is 62.8 Å². The van der Waals surface area contributed by atoms with Crippen molar-refractivity contribution < 1.29 is 14.3 Å². The molecule has 0 saturated carbocycles. The first-order valence-electron chi connectivity index (χ1n) is 7.39. The van der Waals surface area contributed by atoms with Crippen molar-refractivity contribution in [2.24, 2.45) is 0 Å². The number of hydrogen-bond acceptors (Lipinski definition) is 5. The molecule has 118 valence electrons. The average molecular weight is 304 g/mol. The van der Waals surface area contributed by atoms with Crippen molar-refractivity contribution in [3.8, 4) is 0 Å². The highest BCUT2D eigenvalue weighted by Gasteiger charge is 2.28. The van der Waals surface area contributed by atoms with Crippen molar-refractivity contribution >= 4 is 23.4 Å². The third-order valence-corrected chi connectivity index (χ3v) is 3.99. The van der Waals surface area contributed by atoms with Gasteiger partial charge in [-0.1, -0.05) is 0 Å². The molecule has 0 aliphatic carbocycles. The predicted octanol–water partition coefficient (Wildman–Crippen LogP) is 0.485. The Hall–Kier alpha value is -2.28. The third-order valence-electron chi connectivity index (χ3n) is 3.99. The van der Waals surface area contributed by atoms with Gasteiger partial charge in [-0.25, -0.2) is 4.79 Å². The smallest absolute Gasteiger partial charge is 0.407 e. The van der Waals surface area contributed by atoms with Crippen LogP contribution in [0.4, 0.5) is 16.2 Å². The molecule has 2 aliphatic rings. The lowest BCUT2D eigenvalue weighted by molar-refractivity contribution is -0.117. The first kappa shape index (κ1) is 14.6. The molecule has 22 heavy (non-hydrogen) atoms. The second-order valence-electron chi connectivity index (χ2n) is 5.62. The fourth-order valence-corrected chi connectivity index (χ4v) is 2.58. The molecule has 2 aliphatic heterocycles. The maximum atomic E-state index is 12.0. The van der Waals surface area contributed by atoms with E-state index in [-0.39, 0.29) is 12.5 Å². The van der Waals surface area contributed by atoms with Crippen LogP contribution in [0.15, 0.2) is 24.3 Å². The number of carbonyl (C=O) groups is 2. The lowest BCUT2D eigenvalue weighted by Gasteiger charge is -2.34. The molecule has 0 bridgehead atoms. The zero-order valence-electron chi connectivity index (χ0n) is 12.5. The highest BCUT2D eigenvalue weighted by atomic mass is 16.6. The van der Waals surface area contributed by atoms with Crippen LogP contribution < -0.4 is 15.5 Å².